The molecule has 19 nitrogen and oxygen atoms in total. The van der Waals surface area contributed by atoms with Gasteiger partial charge in [-0.1, -0.05) is 24.3 Å². The summed E-state index contributed by atoms with van der Waals surface area (Å²) in [6, 6.07) is 20.6. The number of primary amides is 1. The number of likely N-dealkylation sites (N-methyl/N-ethyl adjacent to an activating group) is 1. The number of aromatic nitrogens is 1. The summed E-state index contributed by atoms with van der Waals surface area (Å²) in [6.07, 6.45) is 4.49. The van der Waals surface area contributed by atoms with E-state index in [1.165, 1.54) is 17.0 Å². The fourth-order valence-electron chi connectivity index (χ4n) is 7.52. The summed E-state index contributed by atoms with van der Waals surface area (Å²) in [7, 11) is 1.57. The Labute approximate surface area is 379 Å². The molecule has 0 saturated heterocycles. The molecule has 4 aromatic carbocycles. The molecule has 1 atom stereocenters. The fourth-order valence-corrected chi connectivity index (χ4v) is 7.52. The SMILES string of the molecule is CN(CCCC(=O)NCCNCC(=O)NC(CCCNC(N)=O)C(=O)Nc1ccc(C(=O)Nc2ccc3[nH]c(C(=O)N4CCc5c4cc(O)c4ccccc54)cc3c2)cc1)C(=O)/C=C\C=O. The summed E-state index contributed by atoms with van der Waals surface area (Å²) in [4.78, 5) is 105. The predicted octanol–water partition coefficient (Wildman–Crippen LogP) is 3.05. The maximum absolute atomic E-state index is 13.7. The number of aromatic hydroxyl groups is 1. The van der Waals surface area contributed by atoms with Crippen molar-refractivity contribution in [3.05, 3.63) is 108 Å². The van der Waals surface area contributed by atoms with Crippen LogP contribution in [0.25, 0.3) is 21.7 Å². The van der Waals surface area contributed by atoms with Crippen molar-refractivity contribution < 1.29 is 43.5 Å². The van der Waals surface area contributed by atoms with E-state index in [-0.39, 0.29) is 62.5 Å². The summed E-state index contributed by atoms with van der Waals surface area (Å²) in [5, 5.41) is 29.5. The second-order valence-electron chi connectivity index (χ2n) is 15.6. The van der Waals surface area contributed by atoms with E-state index in [0.717, 1.165) is 28.5 Å². The number of rotatable bonds is 21. The van der Waals surface area contributed by atoms with Crippen molar-refractivity contribution in [2.45, 2.75) is 38.1 Å². The third kappa shape index (κ3) is 12.6. The highest BCUT2D eigenvalue weighted by Crippen LogP contribution is 2.40. The Hall–Kier alpha value is -8.06. The van der Waals surface area contributed by atoms with E-state index in [0.29, 0.717) is 77.9 Å². The number of hydrogen-bond acceptors (Lipinski definition) is 10. The Morgan fingerprint density at radius 1 is 0.864 bits per heavy atom. The number of aldehydes is 1. The lowest BCUT2D eigenvalue weighted by Crippen LogP contribution is -2.47. The van der Waals surface area contributed by atoms with Crippen molar-refractivity contribution in [3.8, 4) is 5.75 Å². The molecular formula is C47H52N10O9. The van der Waals surface area contributed by atoms with E-state index < -0.39 is 29.8 Å². The molecule has 10 N–H and O–H groups in total. The number of benzene rings is 4. The number of nitrogens with zero attached hydrogens (tertiary/aromatic N) is 2. The van der Waals surface area contributed by atoms with Gasteiger partial charge in [-0.2, -0.15) is 0 Å². The molecule has 1 aliphatic rings. The average molecular weight is 901 g/mol. The molecule has 66 heavy (non-hydrogen) atoms. The number of allylic oxidation sites excluding steroid dienone is 1. The average Bonchev–Trinajstić information content (AvgIpc) is 3.93. The summed E-state index contributed by atoms with van der Waals surface area (Å²) >= 11 is 0. The second-order valence-corrected chi connectivity index (χ2v) is 15.6. The molecule has 6 rings (SSSR count). The number of nitrogens with one attached hydrogen (secondary N) is 7. The molecule has 2 heterocycles. The molecule has 0 spiro atoms. The van der Waals surface area contributed by atoms with Crippen molar-refractivity contribution in [1.29, 1.82) is 0 Å². The quantitative estimate of drug-likeness (QED) is 0.0295. The first-order valence-corrected chi connectivity index (χ1v) is 21.4. The topological polar surface area (TPSA) is 277 Å². The Morgan fingerprint density at radius 3 is 2.38 bits per heavy atom. The molecule has 1 unspecified atom stereocenters. The first kappa shape index (κ1) is 47.4. The van der Waals surface area contributed by atoms with Crippen LogP contribution in [-0.4, -0.2) is 115 Å². The summed E-state index contributed by atoms with van der Waals surface area (Å²) in [5.74, 6) is -2.14. The van der Waals surface area contributed by atoms with E-state index in [1.54, 1.807) is 54.4 Å². The minimum absolute atomic E-state index is 0.111. The molecule has 5 aromatic rings. The van der Waals surface area contributed by atoms with Gasteiger partial charge in [0.05, 0.1) is 12.2 Å². The zero-order chi connectivity index (χ0) is 47.2. The van der Waals surface area contributed by atoms with Gasteiger partial charge in [-0.15, -0.1) is 0 Å². The van der Waals surface area contributed by atoms with Crippen LogP contribution in [0.2, 0.25) is 0 Å². The van der Waals surface area contributed by atoms with Crippen molar-refractivity contribution in [3.63, 3.8) is 0 Å². The number of nitrogens with two attached hydrogens (primary N) is 1. The zero-order valence-electron chi connectivity index (χ0n) is 36.3. The van der Waals surface area contributed by atoms with E-state index >= 15 is 0 Å². The highest BCUT2D eigenvalue weighted by molar-refractivity contribution is 6.11. The number of amides is 8. The Morgan fingerprint density at radius 2 is 1.62 bits per heavy atom. The lowest BCUT2D eigenvalue weighted by atomic mass is 10.0. The first-order chi connectivity index (χ1) is 31.8. The number of urea groups is 1. The number of anilines is 3. The van der Waals surface area contributed by atoms with Gasteiger partial charge < -0.3 is 57.5 Å². The van der Waals surface area contributed by atoms with Gasteiger partial charge >= 0.3 is 6.03 Å². The van der Waals surface area contributed by atoms with Crippen LogP contribution in [0, 0.1) is 0 Å². The van der Waals surface area contributed by atoms with E-state index in [4.69, 9.17) is 5.73 Å². The number of phenolic OH excluding ortho intramolecular Hbond substituents is 1. The molecule has 0 radical (unpaired) electrons. The molecular weight excluding hydrogens is 849 g/mol. The molecule has 19 heteroatoms. The van der Waals surface area contributed by atoms with Crippen LogP contribution in [-0.2, 0) is 30.4 Å². The van der Waals surface area contributed by atoms with Gasteiger partial charge in [0.1, 0.15) is 23.8 Å². The van der Waals surface area contributed by atoms with Gasteiger partial charge in [0.15, 0.2) is 0 Å². The second kappa shape index (κ2) is 22.5. The molecule has 0 saturated carbocycles. The van der Waals surface area contributed by atoms with Crippen molar-refractivity contribution in [2.75, 3.05) is 61.8 Å². The summed E-state index contributed by atoms with van der Waals surface area (Å²) in [6.45, 7) is 1.30. The van der Waals surface area contributed by atoms with Crippen molar-refractivity contribution >= 4 is 86.5 Å². The zero-order valence-corrected chi connectivity index (χ0v) is 36.3. The third-order valence-electron chi connectivity index (χ3n) is 10.9. The molecule has 1 aliphatic heterocycles. The largest absolute Gasteiger partial charge is 0.507 e. The number of carbonyl (C=O) groups is 8. The lowest BCUT2D eigenvalue weighted by Gasteiger charge is -2.19. The van der Waals surface area contributed by atoms with E-state index in [1.807, 2.05) is 24.3 Å². The number of H-pyrrole nitrogens is 1. The summed E-state index contributed by atoms with van der Waals surface area (Å²) < 4.78 is 0. The van der Waals surface area contributed by atoms with Gasteiger partial charge in [-0.05, 0) is 91.2 Å². The Kier molecular flexibility index (Phi) is 16.2. The standard InChI is InChI=1S/C47H52N10O9/c1-56(43(62)11-6-24-58)22-5-10-41(60)50-21-20-49-28-42(61)55-37(9-4-19-51-47(48)66)45(64)52-31-14-12-29(13-15-31)44(63)53-32-16-17-36-30(25-32)26-38(54-36)46(65)57-23-18-34-33-7-2-3-8-35(33)40(59)27-39(34)57/h2-3,6-8,11-17,24-27,37,49,54,59H,4-5,9-10,18-23,28H2,1H3,(H,50,60)(H,52,64)(H,53,63)(H,55,61)(H3,48,51,66)/b11-6-. The highest BCUT2D eigenvalue weighted by atomic mass is 16.3. The van der Waals surface area contributed by atoms with E-state index in [9.17, 15) is 43.5 Å². The maximum Gasteiger partial charge on any atom is 0.312 e. The molecule has 344 valence electrons. The Bertz CT molecular complexity index is 2660. The third-order valence-corrected chi connectivity index (χ3v) is 10.9. The minimum Gasteiger partial charge on any atom is -0.507 e. The molecule has 0 bridgehead atoms. The van der Waals surface area contributed by atoms with Crippen LogP contribution in [0.5, 0.6) is 5.75 Å². The highest BCUT2D eigenvalue weighted by Gasteiger charge is 2.29. The normalized spacial score (nSPS) is 12.3. The van der Waals surface area contributed by atoms with Gasteiger partial charge in [-0.3, -0.25) is 33.6 Å². The van der Waals surface area contributed by atoms with Crippen molar-refractivity contribution in [1.82, 2.24) is 31.2 Å². The summed E-state index contributed by atoms with van der Waals surface area (Å²) in [5.41, 5.74) is 9.06. The fraction of sp³-hybridized carbons (Fsp3) is 0.277. The minimum atomic E-state index is -0.991. The van der Waals surface area contributed by atoms with E-state index in [2.05, 4.69) is 36.9 Å². The van der Waals surface area contributed by atoms with Gasteiger partial charge in [-0.25, -0.2) is 4.79 Å². The predicted molar refractivity (Wildman–Crippen MR) is 249 cm³/mol. The molecule has 0 aliphatic carbocycles. The molecule has 1 aromatic heterocycles. The van der Waals surface area contributed by atoms with Crippen LogP contribution in [0.1, 0.15) is 52.1 Å². The van der Waals surface area contributed by atoms with Crippen LogP contribution in [0.4, 0.5) is 21.9 Å². The lowest BCUT2D eigenvalue weighted by molar-refractivity contribution is -0.126. The van der Waals surface area contributed by atoms with Crippen LogP contribution in [0.3, 0.4) is 0 Å². The van der Waals surface area contributed by atoms with Gasteiger partial charge in [0.25, 0.3) is 11.8 Å². The van der Waals surface area contributed by atoms with Gasteiger partial charge in [0.2, 0.25) is 23.6 Å². The monoisotopic (exact) mass is 900 g/mol. The van der Waals surface area contributed by atoms with Crippen LogP contribution in [0.15, 0.2) is 91.0 Å². The first-order valence-electron chi connectivity index (χ1n) is 21.4. The number of carbonyl (C=O) groups excluding carboxylic acids is 8. The number of aromatic amines is 1. The van der Waals surface area contributed by atoms with Crippen LogP contribution < -0.4 is 42.5 Å². The smallest absolute Gasteiger partial charge is 0.312 e. The van der Waals surface area contributed by atoms with Crippen molar-refractivity contribution in [2.24, 2.45) is 5.73 Å². The molecule has 8 amide bonds. The van der Waals surface area contributed by atoms with Gasteiger partial charge in [0, 0.05) is 91.6 Å². The van der Waals surface area contributed by atoms with Crippen LogP contribution >= 0.6 is 0 Å². The maximum atomic E-state index is 13.7. The molecule has 0 fully saturated rings. The number of fused-ring (bicyclic) bond motifs is 4. The Balaban J connectivity index is 0.975. The number of phenols is 1. The number of hydrogen-bond donors (Lipinski definition) is 9.